The van der Waals surface area contributed by atoms with Crippen LogP contribution in [0.4, 0.5) is 17.1 Å². The van der Waals surface area contributed by atoms with Gasteiger partial charge in [-0.15, -0.1) is 0 Å². The van der Waals surface area contributed by atoms with Crippen LogP contribution in [0.5, 0.6) is 0 Å². The molecule has 1 heterocycles. The lowest BCUT2D eigenvalue weighted by atomic mass is 9.82. The van der Waals surface area contributed by atoms with Crippen LogP contribution in [-0.2, 0) is 5.41 Å². The van der Waals surface area contributed by atoms with E-state index in [-0.39, 0.29) is 5.41 Å². The van der Waals surface area contributed by atoms with Gasteiger partial charge in [0, 0.05) is 38.9 Å². The number of aryl methyl sites for hydroxylation is 2. The Balaban J connectivity index is 1.14. The Hall–Kier alpha value is -6.64. The largest absolute Gasteiger partial charge is 0.310 e. The number of aromatic nitrogens is 1. The zero-order chi connectivity index (χ0) is 37.3. The van der Waals surface area contributed by atoms with Crippen molar-refractivity contribution in [1.29, 1.82) is 0 Å². The van der Waals surface area contributed by atoms with Crippen LogP contribution in [0.1, 0.15) is 36.1 Å². The Morgan fingerprint density at radius 1 is 0.418 bits per heavy atom. The Morgan fingerprint density at radius 2 is 0.982 bits per heavy atom. The summed E-state index contributed by atoms with van der Waals surface area (Å²) >= 11 is 0. The van der Waals surface area contributed by atoms with Crippen LogP contribution < -0.4 is 4.90 Å². The third-order valence-corrected chi connectivity index (χ3v) is 11.9. The average Bonchev–Trinajstić information content (AvgIpc) is 3.68. The van der Waals surface area contributed by atoms with Gasteiger partial charge in [-0.25, -0.2) is 0 Å². The number of nitrogens with zero attached hydrogens (tertiary/aromatic N) is 2. The van der Waals surface area contributed by atoms with E-state index in [1.807, 2.05) is 0 Å². The molecule has 1 aliphatic rings. The SMILES string of the molecule is Cc1cc(N(c2ccc(-n3c4ccccc4c4ccccc43)cc2)c2ccc3c(c2)C(C)(C)c2ccccc2-3)c(C)cc1-c1ccccc1-c1ccccc1. The summed E-state index contributed by atoms with van der Waals surface area (Å²) in [6.45, 7) is 9.24. The molecule has 0 bridgehead atoms. The first-order valence-electron chi connectivity index (χ1n) is 19.3. The van der Waals surface area contributed by atoms with Crippen molar-refractivity contribution in [1.82, 2.24) is 4.57 Å². The van der Waals surface area contributed by atoms with Crippen LogP contribution in [0.15, 0.2) is 182 Å². The van der Waals surface area contributed by atoms with Crippen molar-refractivity contribution in [2.24, 2.45) is 0 Å². The molecule has 0 saturated carbocycles. The summed E-state index contributed by atoms with van der Waals surface area (Å²) in [6.07, 6.45) is 0. The summed E-state index contributed by atoms with van der Waals surface area (Å²) in [7, 11) is 0. The number of hydrogen-bond donors (Lipinski definition) is 0. The monoisotopic (exact) mass is 706 g/mol. The van der Waals surface area contributed by atoms with E-state index in [4.69, 9.17) is 0 Å². The van der Waals surface area contributed by atoms with E-state index < -0.39 is 0 Å². The first-order chi connectivity index (χ1) is 26.9. The van der Waals surface area contributed by atoms with Crippen molar-refractivity contribution >= 4 is 38.9 Å². The standard InChI is InChI=1S/C53H42N2/c1-35-33-52(36(2)32-47(35)42-19-9-8-18-41(42)37-16-6-5-7-17-37)54(40-30-31-44-43-20-10-13-23-48(43)53(3,4)49(44)34-40)38-26-28-39(29-27-38)55-50-24-14-11-21-45(50)46-22-12-15-25-51(46)55/h5-34H,1-4H3. The summed E-state index contributed by atoms with van der Waals surface area (Å²) in [5.41, 5.74) is 19.8. The second-order valence-corrected chi connectivity index (χ2v) is 15.5. The zero-order valence-electron chi connectivity index (χ0n) is 31.7. The highest BCUT2D eigenvalue weighted by Gasteiger charge is 2.36. The summed E-state index contributed by atoms with van der Waals surface area (Å²) in [6, 6.07) is 66.8. The average molecular weight is 707 g/mol. The normalized spacial score (nSPS) is 12.9. The highest BCUT2D eigenvalue weighted by atomic mass is 15.1. The minimum Gasteiger partial charge on any atom is -0.310 e. The molecule has 9 aromatic rings. The van der Waals surface area contributed by atoms with Gasteiger partial charge < -0.3 is 9.47 Å². The fourth-order valence-corrected chi connectivity index (χ4v) is 9.13. The number of para-hydroxylation sites is 2. The van der Waals surface area contributed by atoms with Crippen molar-refractivity contribution in [2.45, 2.75) is 33.1 Å². The van der Waals surface area contributed by atoms with E-state index in [0.717, 1.165) is 17.1 Å². The Kier molecular flexibility index (Phi) is 7.64. The molecule has 55 heavy (non-hydrogen) atoms. The van der Waals surface area contributed by atoms with Crippen LogP contribution in [0, 0.1) is 13.8 Å². The molecule has 0 amide bonds. The fraction of sp³-hybridized carbons (Fsp3) is 0.0943. The Morgan fingerprint density at radius 3 is 1.69 bits per heavy atom. The summed E-state index contributed by atoms with van der Waals surface area (Å²) in [5.74, 6) is 0. The fourth-order valence-electron chi connectivity index (χ4n) is 9.13. The smallest absolute Gasteiger partial charge is 0.0541 e. The van der Waals surface area contributed by atoms with Crippen LogP contribution in [0.25, 0.3) is 60.9 Å². The molecule has 0 saturated heterocycles. The van der Waals surface area contributed by atoms with Crippen LogP contribution >= 0.6 is 0 Å². The molecule has 1 aromatic heterocycles. The minimum absolute atomic E-state index is 0.107. The Labute approximate surface area is 323 Å². The molecule has 8 aromatic carbocycles. The summed E-state index contributed by atoms with van der Waals surface area (Å²) in [5, 5.41) is 2.54. The molecule has 2 heteroatoms. The second-order valence-electron chi connectivity index (χ2n) is 15.5. The van der Waals surface area contributed by atoms with Gasteiger partial charge in [-0.05, 0) is 130 Å². The van der Waals surface area contributed by atoms with Crippen LogP contribution in [0.3, 0.4) is 0 Å². The highest BCUT2D eigenvalue weighted by Crippen LogP contribution is 2.51. The molecule has 264 valence electrons. The lowest BCUT2D eigenvalue weighted by Crippen LogP contribution is -2.17. The quantitative estimate of drug-likeness (QED) is 0.167. The third-order valence-electron chi connectivity index (χ3n) is 11.9. The van der Waals surface area contributed by atoms with Crippen molar-refractivity contribution in [3.63, 3.8) is 0 Å². The van der Waals surface area contributed by atoms with Gasteiger partial charge in [0.05, 0.1) is 11.0 Å². The van der Waals surface area contributed by atoms with Gasteiger partial charge in [0.15, 0.2) is 0 Å². The topological polar surface area (TPSA) is 8.17 Å². The lowest BCUT2D eigenvalue weighted by Gasteiger charge is -2.30. The van der Waals surface area contributed by atoms with E-state index >= 15 is 0 Å². The first kappa shape index (κ1) is 33.0. The maximum Gasteiger partial charge on any atom is 0.0541 e. The maximum absolute atomic E-state index is 2.46. The maximum atomic E-state index is 2.46. The van der Waals surface area contributed by atoms with Gasteiger partial charge in [0.1, 0.15) is 0 Å². The number of hydrogen-bond acceptors (Lipinski definition) is 1. The molecule has 0 N–H and O–H groups in total. The predicted molar refractivity (Wildman–Crippen MR) is 233 cm³/mol. The minimum atomic E-state index is -0.107. The molecule has 1 aliphatic carbocycles. The molecular weight excluding hydrogens is 665 g/mol. The van der Waals surface area contributed by atoms with E-state index in [1.165, 1.54) is 83.1 Å². The number of benzene rings is 8. The number of fused-ring (bicyclic) bond motifs is 6. The van der Waals surface area contributed by atoms with Crippen molar-refractivity contribution in [3.05, 3.63) is 204 Å². The third kappa shape index (κ3) is 5.24. The molecule has 10 rings (SSSR count). The van der Waals surface area contributed by atoms with Gasteiger partial charge in [-0.3, -0.25) is 0 Å². The molecule has 0 aliphatic heterocycles. The van der Waals surface area contributed by atoms with Crippen LogP contribution in [-0.4, -0.2) is 4.57 Å². The molecule has 0 atom stereocenters. The lowest BCUT2D eigenvalue weighted by molar-refractivity contribution is 0.660. The predicted octanol–water partition coefficient (Wildman–Crippen LogP) is 14.5. The van der Waals surface area contributed by atoms with Crippen LogP contribution in [0.2, 0.25) is 0 Å². The molecular formula is C53H42N2. The van der Waals surface area contributed by atoms with E-state index in [1.54, 1.807) is 0 Å². The van der Waals surface area contributed by atoms with Crippen molar-refractivity contribution in [3.8, 4) is 39.1 Å². The van der Waals surface area contributed by atoms with Gasteiger partial charge in [0.25, 0.3) is 0 Å². The van der Waals surface area contributed by atoms with E-state index in [0.29, 0.717) is 0 Å². The molecule has 0 radical (unpaired) electrons. The van der Waals surface area contributed by atoms with Gasteiger partial charge in [-0.2, -0.15) is 0 Å². The zero-order valence-corrected chi connectivity index (χ0v) is 31.7. The highest BCUT2D eigenvalue weighted by molar-refractivity contribution is 6.09. The molecule has 0 fully saturated rings. The number of anilines is 3. The van der Waals surface area contributed by atoms with Gasteiger partial charge >= 0.3 is 0 Å². The van der Waals surface area contributed by atoms with Gasteiger partial charge in [-0.1, -0.05) is 135 Å². The first-order valence-corrected chi connectivity index (χ1v) is 19.3. The molecule has 2 nitrogen and oxygen atoms in total. The summed E-state index contributed by atoms with van der Waals surface area (Å²) < 4.78 is 2.39. The van der Waals surface area contributed by atoms with Crippen molar-refractivity contribution in [2.75, 3.05) is 4.90 Å². The van der Waals surface area contributed by atoms with Crippen molar-refractivity contribution < 1.29 is 0 Å². The van der Waals surface area contributed by atoms with E-state index in [9.17, 15) is 0 Å². The Bertz CT molecular complexity index is 2860. The van der Waals surface area contributed by atoms with E-state index in [2.05, 4.69) is 219 Å². The molecule has 0 spiro atoms. The summed E-state index contributed by atoms with van der Waals surface area (Å²) in [4.78, 5) is 2.46. The second kappa shape index (κ2) is 12.7. The van der Waals surface area contributed by atoms with Gasteiger partial charge in [0.2, 0.25) is 0 Å². The number of rotatable bonds is 6. The molecule has 0 unspecified atom stereocenters.